The summed E-state index contributed by atoms with van der Waals surface area (Å²) in [6.07, 6.45) is 9.51. The van der Waals surface area contributed by atoms with E-state index in [1.54, 1.807) is 5.56 Å². The van der Waals surface area contributed by atoms with Gasteiger partial charge in [-0.05, 0) is 62.6 Å². The van der Waals surface area contributed by atoms with Crippen molar-refractivity contribution in [2.45, 2.75) is 63.0 Å². The van der Waals surface area contributed by atoms with Gasteiger partial charge in [0.2, 0.25) is 0 Å². The SMILES string of the molecule is CNC(CCC1CCCO1)c1cccc(C2CCC2)c1. The van der Waals surface area contributed by atoms with Crippen molar-refractivity contribution in [1.29, 1.82) is 0 Å². The van der Waals surface area contributed by atoms with E-state index in [1.807, 2.05) is 0 Å². The minimum absolute atomic E-state index is 0.472. The molecule has 2 nitrogen and oxygen atoms in total. The van der Waals surface area contributed by atoms with Gasteiger partial charge in [-0.25, -0.2) is 0 Å². The molecule has 0 spiro atoms. The molecule has 2 aliphatic rings. The van der Waals surface area contributed by atoms with Crippen LogP contribution in [0.1, 0.15) is 68.0 Å². The largest absolute Gasteiger partial charge is 0.378 e. The Morgan fingerprint density at radius 3 is 2.80 bits per heavy atom. The zero-order chi connectivity index (χ0) is 13.8. The van der Waals surface area contributed by atoms with Gasteiger partial charge < -0.3 is 10.1 Å². The highest BCUT2D eigenvalue weighted by atomic mass is 16.5. The molecule has 1 aromatic rings. The van der Waals surface area contributed by atoms with Crippen LogP contribution in [-0.4, -0.2) is 19.8 Å². The molecular formula is C18H27NO. The Kier molecular flexibility index (Phi) is 4.74. The van der Waals surface area contributed by atoms with E-state index in [2.05, 4.69) is 36.6 Å². The van der Waals surface area contributed by atoms with Gasteiger partial charge in [0.1, 0.15) is 0 Å². The lowest BCUT2D eigenvalue weighted by molar-refractivity contribution is 0.0998. The second-order valence-electron chi connectivity index (χ2n) is 6.35. The maximum absolute atomic E-state index is 5.74. The average molecular weight is 273 g/mol. The van der Waals surface area contributed by atoms with Crippen LogP contribution in [-0.2, 0) is 4.74 Å². The van der Waals surface area contributed by atoms with Gasteiger partial charge >= 0.3 is 0 Å². The summed E-state index contributed by atoms with van der Waals surface area (Å²) in [5, 5.41) is 3.49. The van der Waals surface area contributed by atoms with Crippen LogP contribution in [0.15, 0.2) is 24.3 Å². The van der Waals surface area contributed by atoms with Crippen LogP contribution in [0.2, 0.25) is 0 Å². The van der Waals surface area contributed by atoms with Crippen molar-refractivity contribution in [3.8, 4) is 0 Å². The Labute approximate surface area is 122 Å². The van der Waals surface area contributed by atoms with E-state index in [-0.39, 0.29) is 0 Å². The van der Waals surface area contributed by atoms with Crippen LogP contribution >= 0.6 is 0 Å². The van der Waals surface area contributed by atoms with E-state index in [9.17, 15) is 0 Å². The normalized spacial score (nSPS) is 24.6. The number of nitrogens with one attached hydrogen (secondary N) is 1. The monoisotopic (exact) mass is 273 g/mol. The number of ether oxygens (including phenoxy) is 1. The molecule has 2 atom stereocenters. The fraction of sp³-hybridized carbons (Fsp3) is 0.667. The first-order valence-corrected chi connectivity index (χ1v) is 8.25. The van der Waals surface area contributed by atoms with Crippen LogP contribution in [0.5, 0.6) is 0 Å². The van der Waals surface area contributed by atoms with Crippen molar-refractivity contribution in [3.63, 3.8) is 0 Å². The number of hydrogen-bond donors (Lipinski definition) is 1. The topological polar surface area (TPSA) is 21.3 Å². The van der Waals surface area contributed by atoms with Gasteiger partial charge in [-0.2, -0.15) is 0 Å². The smallest absolute Gasteiger partial charge is 0.0576 e. The number of hydrogen-bond acceptors (Lipinski definition) is 2. The van der Waals surface area contributed by atoms with E-state index in [4.69, 9.17) is 4.74 Å². The summed E-state index contributed by atoms with van der Waals surface area (Å²) in [6.45, 7) is 0.964. The highest BCUT2D eigenvalue weighted by Crippen LogP contribution is 2.37. The fourth-order valence-electron chi connectivity index (χ4n) is 3.47. The quantitative estimate of drug-likeness (QED) is 0.839. The van der Waals surface area contributed by atoms with Crippen molar-refractivity contribution in [2.24, 2.45) is 0 Å². The standard InChI is InChI=1S/C18H27NO/c1-19-18(11-10-17-9-4-12-20-17)16-8-3-7-15(13-16)14-5-2-6-14/h3,7-8,13-14,17-19H,2,4-6,9-12H2,1H3. The van der Waals surface area contributed by atoms with Crippen molar-refractivity contribution in [2.75, 3.05) is 13.7 Å². The van der Waals surface area contributed by atoms with Gasteiger partial charge in [0.15, 0.2) is 0 Å². The molecule has 1 aliphatic heterocycles. The lowest BCUT2D eigenvalue weighted by Crippen LogP contribution is -2.19. The summed E-state index contributed by atoms with van der Waals surface area (Å²) in [5.74, 6) is 0.825. The first-order valence-electron chi connectivity index (χ1n) is 8.25. The third kappa shape index (κ3) is 3.24. The molecular weight excluding hydrogens is 246 g/mol. The molecule has 0 bridgehead atoms. The molecule has 0 amide bonds. The number of benzene rings is 1. The molecule has 1 aromatic carbocycles. The van der Waals surface area contributed by atoms with Crippen LogP contribution < -0.4 is 5.32 Å². The molecule has 3 rings (SSSR count). The number of rotatable bonds is 6. The summed E-state index contributed by atoms with van der Waals surface area (Å²) in [6, 6.07) is 9.72. The highest BCUT2D eigenvalue weighted by Gasteiger charge is 2.21. The Morgan fingerprint density at radius 1 is 1.25 bits per heavy atom. The summed E-state index contributed by atoms with van der Waals surface area (Å²) >= 11 is 0. The third-order valence-corrected chi connectivity index (χ3v) is 5.04. The molecule has 2 heteroatoms. The van der Waals surface area contributed by atoms with Gasteiger partial charge in [-0.3, -0.25) is 0 Å². The molecule has 2 fully saturated rings. The second kappa shape index (κ2) is 6.73. The Bertz CT molecular complexity index is 421. The molecule has 0 aromatic heterocycles. The van der Waals surface area contributed by atoms with Crippen LogP contribution in [0.4, 0.5) is 0 Å². The first-order chi connectivity index (χ1) is 9.86. The van der Waals surface area contributed by atoms with E-state index >= 15 is 0 Å². The van der Waals surface area contributed by atoms with Gasteiger partial charge in [0, 0.05) is 12.6 Å². The summed E-state index contributed by atoms with van der Waals surface area (Å²) in [5.41, 5.74) is 3.00. The van der Waals surface area contributed by atoms with Crippen molar-refractivity contribution < 1.29 is 4.74 Å². The maximum Gasteiger partial charge on any atom is 0.0576 e. The predicted molar refractivity (Wildman–Crippen MR) is 83.0 cm³/mol. The predicted octanol–water partition coefficient (Wildman–Crippen LogP) is 4.17. The third-order valence-electron chi connectivity index (χ3n) is 5.04. The molecule has 1 saturated heterocycles. The van der Waals surface area contributed by atoms with Gasteiger partial charge in [-0.15, -0.1) is 0 Å². The minimum Gasteiger partial charge on any atom is -0.378 e. The van der Waals surface area contributed by atoms with Crippen molar-refractivity contribution >= 4 is 0 Å². The summed E-state index contributed by atoms with van der Waals surface area (Å²) < 4.78 is 5.74. The van der Waals surface area contributed by atoms with E-state index in [1.165, 1.54) is 50.5 Å². The zero-order valence-electron chi connectivity index (χ0n) is 12.6. The molecule has 1 aliphatic carbocycles. The van der Waals surface area contributed by atoms with Gasteiger partial charge in [0.05, 0.1) is 6.10 Å². The van der Waals surface area contributed by atoms with Crippen molar-refractivity contribution in [3.05, 3.63) is 35.4 Å². The molecule has 0 radical (unpaired) electrons. The Balaban J connectivity index is 1.61. The van der Waals surface area contributed by atoms with Crippen LogP contribution in [0, 0.1) is 0 Å². The molecule has 1 saturated carbocycles. The fourth-order valence-corrected chi connectivity index (χ4v) is 3.47. The van der Waals surface area contributed by atoms with E-state index in [0.717, 1.165) is 12.5 Å². The zero-order valence-corrected chi connectivity index (χ0v) is 12.6. The van der Waals surface area contributed by atoms with Crippen LogP contribution in [0.3, 0.4) is 0 Å². The lowest BCUT2D eigenvalue weighted by atomic mass is 9.79. The van der Waals surface area contributed by atoms with Gasteiger partial charge in [0.25, 0.3) is 0 Å². The minimum atomic E-state index is 0.472. The molecule has 110 valence electrons. The highest BCUT2D eigenvalue weighted by molar-refractivity contribution is 5.29. The lowest BCUT2D eigenvalue weighted by Gasteiger charge is -2.27. The molecule has 1 N–H and O–H groups in total. The molecule has 20 heavy (non-hydrogen) atoms. The Hall–Kier alpha value is -0.860. The first kappa shape index (κ1) is 14.1. The summed E-state index contributed by atoms with van der Waals surface area (Å²) in [7, 11) is 2.08. The van der Waals surface area contributed by atoms with E-state index in [0.29, 0.717) is 12.1 Å². The molecule has 1 heterocycles. The van der Waals surface area contributed by atoms with Gasteiger partial charge in [-0.1, -0.05) is 30.7 Å². The maximum atomic E-state index is 5.74. The van der Waals surface area contributed by atoms with Crippen molar-refractivity contribution in [1.82, 2.24) is 5.32 Å². The second-order valence-corrected chi connectivity index (χ2v) is 6.35. The summed E-state index contributed by atoms with van der Waals surface area (Å²) in [4.78, 5) is 0. The Morgan fingerprint density at radius 2 is 2.15 bits per heavy atom. The van der Waals surface area contributed by atoms with Crippen LogP contribution in [0.25, 0.3) is 0 Å². The van der Waals surface area contributed by atoms with E-state index < -0.39 is 0 Å². The molecule has 2 unspecified atom stereocenters. The average Bonchev–Trinajstić information content (AvgIpc) is 2.91.